The van der Waals surface area contributed by atoms with E-state index in [1.807, 2.05) is 23.1 Å². The fourth-order valence-electron chi connectivity index (χ4n) is 3.80. The topological polar surface area (TPSA) is 59.0 Å². The highest BCUT2D eigenvalue weighted by Crippen LogP contribution is 2.42. The summed E-state index contributed by atoms with van der Waals surface area (Å²) in [4.78, 5) is 27.7. The van der Waals surface area contributed by atoms with Crippen LogP contribution in [0.1, 0.15) is 35.7 Å². The van der Waals surface area contributed by atoms with E-state index in [0.29, 0.717) is 23.9 Å². The Morgan fingerprint density at radius 1 is 1.04 bits per heavy atom. The van der Waals surface area contributed by atoms with Gasteiger partial charge >= 0.3 is 0 Å². The molecule has 5 nitrogen and oxygen atoms in total. The van der Waals surface area contributed by atoms with Gasteiger partial charge in [0, 0.05) is 49.4 Å². The molecule has 0 radical (unpaired) electrons. The standard InChI is InChI=1S/C22H22N4O/c1-22(2)15-26(14-19(22)16-7-4-3-5-8-16)21(27)18-12-24-20(25-13-18)17-9-6-10-23-11-17/h3-13,19H,14-15H2,1-2H3/t19-/m1/s1. The normalized spacial score (nSPS) is 18.4. The van der Waals surface area contributed by atoms with Gasteiger partial charge in [-0.1, -0.05) is 44.2 Å². The third-order valence-corrected chi connectivity index (χ3v) is 5.25. The summed E-state index contributed by atoms with van der Waals surface area (Å²) in [5.74, 6) is 0.876. The Bertz CT molecular complexity index is 924. The first-order valence-electron chi connectivity index (χ1n) is 9.11. The summed E-state index contributed by atoms with van der Waals surface area (Å²) in [6.07, 6.45) is 6.64. The van der Waals surface area contributed by atoms with Crippen molar-refractivity contribution in [2.45, 2.75) is 19.8 Å². The summed E-state index contributed by atoms with van der Waals surface area (Å²) < 4.78 is 0. The SMILES string of the molecule is CC1(C)CN(C(=O)c2cnc(-c3cccnc3)nc2)C[C@@H]1c1ccccc1. The van der Waals surface area contributed by atoms with Crippen LogP contribution in [0.25, 0.3) is 11.4 Å². The molecule has 3 aromatic rings. The highest BCUT2D eigenvalue weighted by atomic mass is 16.2. The summed E-state index contributed by atoms with van der Waals surface area (Å²) >= 11 is 0. The Hall–Kier alpha value is -3.08. The van der Waals surface area contributed by atoms with Gasteiger partial charge in [0.15, 0.2) is 5.82 Å². The number of rotatable bonds is 3. The number of carbonyl (C=O) groups excluding carboxylic acids is 1. The predicted molar refractivity (Wildman–Crippen MR) is 104 cm³/mol. The predicted octanol–water partition coefficient (Wildman–Crippen LogP) is 3.80. The van der Waals surface area contributed by atoms with Gasteiger partial charge < -0.3 is 4.90 Å². The van der Waals surface area contributed by atoms with E-state index in [1.165, 1.54) is 5.56 Å². The zero-order valence-electron chi connectivity index (χ0n) is 15.5. The van der Waals surface area contributed by atoms with Crippen LogP contribution in [0.2, 0.25) is 0 Å². The van der Waals surface area contributed by atoms with E-state index < -0.39 is 0 Å². The van der Waals surface area contributed by atoms with Crippen LogP contribution in [0.4, 0.5) is 0 Å². The van der Waals surface area contributed by atoms with E-state index >= 15 is 0 Å². The second-order valence-electron chi connectivity index (χ2n) is 7.67. The van der Waals surface area contributed by atoms with Gasteiger partial charge in [0.1, 0.15) is 0 Å². The fraction of sp³-hybridized carbons (Fsp3) is 0.273. The minimum absolute atomic E-state index is 0.0146. The van der Waals surface area contributed by atoms with Crippen LogP contribution in [0.3, 0.4) is 0 Å². The minimum Gasteiger partial charge on any atom is -0.337 e. The largest absolute Gasteiger partial charge is 0.337 e. The van der Waals surface area contributed by atoms with Crippen LogP contribution in [0.5, 0.6) is 0 Å². The zero-order valence-corrected chi connectivity index (χ0v) is 15.5. The molecule has 27 heavy (non-hydrogen) atoms. The van der Waals surface area contributed by atoms with Gasteiger partial charge in [-0.2, -0.15) is 0 Å². The summed E-state index contributed by atoms with van der Waals surface area (Å²) in [6, 6.07) is 14.2. The molecule has 1 aliphatic rings. The molecule has 5 heteroatoms. The number of aromatic nitrogens is 3. The first-order valence-corrected chi connectivity index (χ1v) is 9.11. The molecule has 1 aliphatic heterocycles. The molecule has 1 fully saturated rings. The lowest BCUT2D eigenvalue weighted by Gasteiger charge is -2.25. The van der Waals surface area contributed by atoms with Crippen LogP contribution in [0, 0.1) is 5.41 Å². The van der Waals surface area contributed by atoms with Gasteiger partial charge in [-0.25, -0.2) is 9.97 Å². The number of likely N-dealkylation sites (tertiary alicyclic amines) is 1. The van der Waals surface area contributed by atoms with Gasteiger partial charge in [0.25, 0.3) is 5.91 Å². The molecule has 0 bridgehead atoms. The van der Waals surface area contributed by atoms with Gasteiger partial charge in [0.2, 0.25) is 0 Å². The Labute approximate surface area is 159 Å². The maximum atomic E-state index is 13.0. The van der Waals surface area contributed by atoms with E-state index in [2.05, 4.69) is 53.1 Å². The molecule has 2 aromatic heterocycles. The van der Waals surface area contributed by atoms with Gasteiger partial charge in [-0.15, -0.1) is 0 Å². The lowest BCUT2D eigenvalue weighted by molar-refractivity contribution is 0.0777. The monoisotopic (exact) mass is 358 g/mol. The molecule has 1 amide bonds. The van der Waals surface area contributed by atoms with E-state index in [4.69, 9.17) is 0 Å². The van der Waals surface area contributed by atoms with E-state index in [-0.39, 0.29) is 11.3 Å². The van der Waals surface area contributed by atoms with Crippen molar-refractivity contribution in [2.75, 3.05) is 13.1 Å². The van der Waals surface area contributed by atoms with E-state index in [0.717, 1.165) is 12.1 Å². The fourth-order valence-corrected chi connectivity index (χ4v) is 3.80. The molecule has 136 valence electrons. The van der Waals surface area contributed by atoms with Crippen LogP contribution in [-0.2, 0) is 0 Å². The maximum Gasteiger partial charge on any atom is 0.257 e. The molecule has 4 rings (SSSR count). The van der Waals surface area contributed by atoms with Crippen molar-refractivity contribution in [1.29, 1.82) is 0 Å². The van der Waals surface area contributed by atoms with Crippen LogP contribution >= 0.6 is 0 Å². The number of carbonyl (C=O) groups is 1. The molecule has 1 aromatic carbocycles. The quantitative estimate of drug-likeness (QED) is 0.714. The van der Waals surface area contributed by atoms with E-state index in [1.54, 1.807) is 24.8 Å². The molecule has 0 unspecified atom stereocenters. The van der Waals surface area contributed by atoms with Gasteiger partial charge in [0.05, 0.1) is 5.56 Å². The highest BCUT2D eigenvalue weighted by molar-refractivity contribution is 5.94. The third kappa shape index (κ3) is 3.45. The summed E-state index contributed by atoms with van der Waals surface area (Å²) in [6.45, 7) is 5.87. The number of benzene rings is 1. The van der Waals surface area contributed by atoms with E-state index in [9.17, 15) is 4.79 Å². The molecule has 3 heterocycles. The highest BCUT2D eigenvalue weighted by Gasteiger charge is 2.42. The molecule has 0 spiro atoms. The van der Waals surface area contributed by atoms with Crippen molar-refractivity contribution in [3.8, 4) is 11.4 Å². The number of nitrogens with zero attached hydrogens (tertiary/aromatic N) is 4. The number of hydrogen-bond donors (Lipinski definition) is 0. The summed E-state index contributed by atoms with van der Waals surface area (Å²) in [7, 11) is 0. The molecule has 1 atom stereocenters. The van der Waals surface area contributed by atoms with Crippen molar-refractivity contribution in [2.24, 2.45) is 5.41 Å². The molecule has 0 aliphatic carbocycles. The molecular formula is C22H22N4O. The smallest absolute Gasteiger partial charge is 0.257 e. The maximum absolute atomic E-state index is 13.0. The molecule has 1 saturated heterocycles. The second kappa shape index (κ2) is 6.91. The van der Waals surface area contributed by atoms with Crippen molar-refractivity contribution in [1.82, 2.24) is 19.9 Å². The second-order valence-corrected chi connectivity index (χ2v) is 7.67. The Kier molecular flexibility index (Phi) is 4.44. The minimum atomic E-state index is -0.0146. The van der Waals surface area contributed by atoms with Crippen LogP contribution < -0.4 is 0 Å². The average Bonchev–Trinajstić information content (AvgIpc) is 3.04. The van der Waals surface area contributed by atoms with Crippen LogP contribution in [-0.4, -0.2) is 38.8 Å². The Morgan fingerprint density at radius 2 is 1.78 bits per heavy atom. The molecule has 0 N–H and O–H groups in total. The number of pyridine rings is 1. The summed E-state index contributed by atoms with van der Waals surface area (Å²) in [5, 5.41) is 0. The number of hydrogen-bond acceptors (Lipinski definition) is 4. The van der Waals surface area contributed by atoms with Gasteiger partial charge in [-0.3, -0.25) is 9.78 Å². The lowest BCUT2D eigenvalue weighted by Crippen LogP contribution is -2.30. The lowest BCUT2D eigenvalue weighted by atomic mass is 9.78. The zero-order chi connectivity index (χ0) is 18.9. The van der Waals surface area contributed by atoms with Crippen molar-refractivity contribution >= 4 is 5.91 Å². The Morgan fingerprint density at radius 3 is 2.44 bits per heavy atom. The first-order chi connectivity index (χ1) is 13.0. The van der Waals surface area contributed by atoms with Crippen molar-refractivity contribution in [3.05, 3.63) is 78.4 Å². The third-order valence-electron chi connectivity index (χ3n) is 5.25. The van der Waals surface area contributed by atoms with Crippen molar-refractivity contribution < 1.29 is 4.79 Å². The number of amides is 1. The first kappa shape index (κ1) is 17.3. The average molecular weight is 358 g/mol. The van der Waals surface area contributed by atoms with Crippen LogP contribution in [0.15, 0.2) is 67.3 Å². The van der Waals surface area contributed by atoms with Crippen molar-refractivity contribution in [3.63, 3.8) is 0 Å². The Balaban J connectivity index is 1.53. The summed E-state index contributed by atoms with van der Waals surface area (Å²) in [5.41, 5.74) is 2.66. The van der Waals surface area contributed by atoms with Gasteiger partial charge in [-0.05, 0) is 23.1 Å². The molecule has 0 saturated carbocycles. The molecular weight excluding hydrogens is 336 g/mol.